The molecule has 9 heteroatoms. The lowest BCUT2D eigenvalue weighted by Crippen LogP contribution is -2.12. The molecule has 7 aromatic rings. The molecule has 0 aliphatic rings. The Hall–Kier alpha value is -6.61. The summed E-state index contributed by atoms with van der Waals surface area (Å²) in [6.45, 7) is 28.5. The van der Waals surface area contributed by atoms with Gasteiger partial charge < -0.3 is 18.9 Å². The quantitative estimate of drug-likeness (QED) is 0.102. The highest BCUT2D eigenvalue weighted by molar-refractivity contribution is 5.85. The van der Waals surface area contributed by atoms with Crippen molar-refractivity contribution in [2.45, 2.75) is 144 Å². The van der Waals surface area contributed by atoms with Crippen LogP contribution in [0.3, 0.4) is 0 Å². The van der Waals surface area contributed by atoms with Gasteiger partial charge in [-0.15, -0.1) is 0 Å². The van der Waals surface area contributed by atoms with Crippen LogP contribution in [0.2, 0.25) is 0 Å². The molecule has 384 valence electrons. The number of ether oxygens (including phenoxy) is 4. The van der Waals surface area contributed by atoms with Crippen molar-refractivity contribution in [2.75, 3.05) is 0 Å². The third-order valence-corrected chi connectivity index (χ3v) is 13.2. The Kier molecular flexibility index (Phi) is 15.6. The SMILES string of the molecule is Cc1c(OCc2ccc(C(C)(C)C)cc2)c(OCc2ccc(C(C)(C)C)cc2)c(OCc2ccc(C(C)(C)C)cc2)c(-c2ccc(-c3cc(F)c(C(F)(F)F)c(F)c3)cc2)c1OCc1ccc(C(C)(C)C)cc1. The van der Waals surface area contributed by atoms with Gasteiger partial charge in [0.2, 0.25) is 5.75 Å². The lowest BCUT2D eigenvalue weighted by Gasteiger charge is -2.26. The van der Waals surface area contributed by atoms with Crippen LogP contribution in [0.1, 0.15) is 139 Å². The maximum absolute atomic E-state index is 15.0. The Bertz CT molecular complexity index is 2980. The third-order valence-electron chi connectivity index (χ3n) is 13.2. The molecule has 0 atom stereocenters. The van der Waals surface area contributed by atoms with Crippen LogP contribution in [0.5, 0.6) is 23.0 Å². The van der Waals surface area contributed by atoms with E-state index in [4.69, 9.17) is 18.9 Å². The summed E-state index contributed by atoms with van der Waals surface area (Å²) >= 11 is 0. The Morgan fingerprint density at radius 3 is 0.945 bits per heavy atom. The van der Waals surface area contributed by atoms with Crippen molar-refractivity contribution in [3.05, 3.63) is 201 Å². The van der Waals surface area contributed by atoms with E-state index in [0.29, 0.717) is 57.4 Å². The van der Waals surface area contributed by atoms with Crippen LogP contribution in [0.15, 0.2) is 133 Å². The molecule has 0 aliphatic carbocycles. The van der Waals surface area contributed by atoms with Crippen LogP contribution in [0.4, 0.5) is 22.0 Å². The molecule has 0 N–H and O–H groups in total. The number of hydrogen-bond donors (Lipinski definition) is 0. The largest absolute Gasteiger partial charge is 0.488 e. The average Bonchev–Trinajstić information content (AvgIpc) is 3.31. The lowest BCUT2D eigenvalue weighted by molar-refractivity contribution is -0.142. The zero-order chi connectivity index (χ0) is 53.3. The fourth-order valence-corrected chi connectivity index (χ4v) is 8.53. The molecular weight excluding hydrogens is 928 g/mol. The highest BCUT2D eigenvalue weighted by Gasteiger charge is 2.38. The predicted octanol–water partition coefficient (Wildman–Crippen LogP) is 18.1. The topological polar surface area (TPSA) is 36.9 Å². The van der Waals surface area contributed by atoms with E-state index in [1.807, 2.05) is 31.2 Å². The first kappa shape index (κ1) is 54.2. The maximum Gasteiger partial charge on any atom is 0.422 e. The number of alkyl halides is 3. The Labute approximate surface area is 429 Å². The molecule has 73 heavy (non-hydrogen) atoms. The fraction of sp³-hybridized carbons (Fsp3) is 0.344. The Morgan fingerprint density at radius 1 is 0.342 bits per heavy atom. The summed E-state index contributed by atoms with van der Waals surface area (Å²) in [5.41, 5.74) is 8.18. The van der Waals surface area contributed by atoms with Crippen LogP contribution < -0.4 is 18.9 Å². The summed E-state index contributed by atoms with van der Waals surface area (Å²) in [5.74, 6) is -1.88. The molecule has 7 rings (SSSR count). The summed E-state index contributed by atoms with van der Waals surface area (Å²) in [5, 5.41) is 0. The van der Waals surface area contributed by atoms with Gasteiger partial charge in [0.15, 0.2) is 11.5 Å². The number of halogens is 5. The van der Waals surface area contributed by atoms with E-state index in [9.17, 15) is 22.0 Å². The van der Waals surface area contributed by atoms with E-state index in [1.54, 1.807) is 24.3 Å². The Morgan fingerprint density at radius 2 is 0.630 bits per heavy atom. The van der Waals surface area contributed by atoms with Crippen LogP contribution >= 0.6 is 0 Å². The highest BCUT2D eigenvalue weighted by Crippen LogP contribution is 2.54. The molecule has 0 saturated heterocycles. The van der Waals surface area contributed by atoms with Gasteiger partial charge in [-0.25, -0.2) is 8.78 Å². The summed E-state index contributed by atoms with van der Waals surface area (Å²) in [7, 11) is 0. The van der Waals surface area contributed by atoms with E-state index in [1.165, 1.54) is 22.3 Å². The molecule has 0 heterocycles. The van der Waals surface area contributed by atoms with Gasteiger partial charge in [-0.05, 0) is 102 Å². The van der Waals surface area contributed by atoms with Crippen molar-refractivity contribution in [3.63, 3.8) is 0 Å². The normalized spacial score (nSPS) is 12.5. The summed E-state index contributed by atoms with van der Waals surface area (Å²) in [6.07, 6.45) is -5.20. The molecule has 0 radical (unpaired) electrons. The van der Waals surface area contributed by atoms with Crippen molar-refractivity contribution < 1.29 is 40.9 Å². The molecule has 0 fully saturated rings. The van der Waals surface area contributed by atoms with Crippen LogP contribution in [-0.2, 0) is 54.3 Å². The number of hydrogen-bond acceptors (Lipinski definition) is 4. The monoisotopic (exact) mass is 997 g/mol. The van der Waals surface area contributed by atoms with Crippen LogP contribution in [0, 0.1) is 18.6 Å². The molecular formula is C64H69F5O4. The van der Waals surface area contributed by atoms with E-state index in [-0.39, 0.29) is 53.7 Å². The molecule has 0 unspecified atom stereocenters. The highest BCUT2D eigenvalue weighted by atomic mass is 19.4. The molecule has 0 saturated carbocycles. The van der Waals surface area contributed by atoms with E-state index in [0.717, 1.165) is 22.3 Å². The second-order valence-electron chi connectivity index (χ2n) is 23.1. The summed E-state index contributed by atoms with van der Waals surface area (Å²) in [4.78, 5) is 0. The second kappa shape index (κ2) is 21.1. The van der Waals surface area contributed by atoms with Gasteiger partial charge in [0, 0.05) is 5.56 Å². The molecule has 7 aromatic carbocycles. The van der Waals surface area contributed by atoms with E-state index >= 15 is 0 Å². The number of benzene rings is 7. The van der Waals surface area contributed by atoms with Crippen molar-refractivity contribution in [1.29, 1.82) is 0 Å². The second-order valence-corrected chi connectivity index (χ2v) is 23.1. The third kappa shape index (κ3) is 13.1. The zero-order valence-corrected chi connectivity index (χ0v) is 44.6. The zero-order valence-electron chi connectivity index (χ0n) is 44.6. The maximum atomic E-state index is 15.0. The molecule has 0 bridgehead atoms. The van der Waals surface area contributed by atoms with E-state index < -0.39 is 23.4 Å². The molecule has 4 nitrogen and oxygen atoms in total. The molecule has 0 aromatic heterocycles. The Balaban J connectivity index is 1.43. The van der Waals surface area contributed by atoms with Gasteiger partial charge in [0.1, 0.15) is 49.4 Å². The minimum Gasteiger partial charge on any atom is -0.488 e. The van der Waals surface area contributed by atoms with E-state index in [2.05, 4.69) is 156 Å². The standard InChI is InChI=1S/C64H69F5O4/c1-40-56(70-36-41-14-26-48(27-15-41)60(2,3)4)54(46-24-22-45(23-25-46)47-34-52(65)55(53(66)35-47)64(67,68)69)58(72-38-43-18-30-50(31-19-43)62(8,9)10)59(73-39-44-20-32-51(33-21-44)63(11,12)13)57(40)71-37-42-16-28-49(29-17-42)61(5,6)7/h14-35H,36-39H2,1-13H3. The minimum absolute atomic E-state index is 0.0428. The van der Waals surface area contributed by atoms with Gasteiger partial charge >= 0.3 is 6.18 Å². The van der Waals surface area contributed by atoms with Crippen molar-refractivity contribution in [1.82, 2.24) is 0 Å². The average molecular weight is 997 g/mol. The number of rotatable bonds is 14. The first-order chi connectivity index (χ1) is 34.1. The smallest absolute Gasteiger partial charge is 0.422 e. The van der Waals surface area contributed by atoms with Crippen LogP contribution in [0.25, 0.3) is 22.3 Å². The molecule has 0 aliphatic heterocycles. The first-order valence-corrected chi connectivity index (χ1v) is 24.8. The van der Waals surface area contributed by atoms with Gasteiger partial charge in [0.05, 0.1) is 5.56 Å². The van der Waals surface area contributed by atoms with Crippen molar-refractivity contribution in [3.8, 4) is 45.3 Å². The van der Waals surface area contributed by atoms with Crippen LogP contribution in [-0.4, -0.2) is 0 Å². The van der Waals surface area contributed by atoms with Gasteiger partial charge in [-0.1, -0.05) is 204 Å². The van der Waals surface area contributed by atoms with Crippen molar-refractivity contribution >= 4 is 0 Å². The predicted molar refractivity (Wildman–Crippen MR) is 285 cm³/mol. The first-order valence-electron chi connectivity index (χ1n) is 24.8. The fourth-order valence-electron chi connectivity index (χ4n) is 8.53. The lowest BCUT2D eigenvalue weighted by atomic mass is 9.87. The van der Waals surface area contributed by atoms with Crippen molar-refractivity contribution in [2.24, 2.45) is 0 Å². The molecule has 0 amide bonds. The molecule has 0 spiro atoms. The van der Waals surface area contributed by atoms with Gasteiger partial charge in [-0.2, -0.15) is 13.2 Å². The summed E-state index contributed by atoms with van der Waals surface area (Å²) in [6, 6.07) is 41.3. The van der Waals surface area contributed by atoms with Gasteiger partial charge in [-0.3, -0.25) is 0 Å². The summed E-state index contributed by atoms with van der Waals surface area (Å²) < 4.78 is 98.6. The van der Waals surface area contributed by atoms with Gasteiger partial charge in [0.25, 0.3) is 0 Å². The minimum atomic E-state index is -5.20.